The van der Waals surface area contributed by atoms with E-state index in [1.54, 1.807) is 0 Å². The maximum absolute atomic E-state index is 13.3. The zero-order valence-corrected chi connectivity index (χ0v) is 16.4. The Morgan fingerprint density at radius 2 is 2.08 bits per heavy atom. The van der Waals surface area contributed by atoms with Crippen molar-refractivity contribution >= 4 is 17.4 Å². The van der Waals surface area contributed by atoms with E-state index in [0.29, 0.717) is 11.7 Å². The minimum Gasteiger partial charge on any atom is -0.362 e. The summed E-state index contributed by atoms with van der Waals surface area (Å²) in [5.41, 5.74) is 5.73. The van der Waals surface area contributed by atoms with Gasteiger partial charge in [0.15, 0.2) is 5.78 Å². The molecule has 3 atom stereocenters. The normalized spacial score (nSPS) is 24.2. The molecule has 1 aromatic carbocycles. The van der Waals surface area contributed by atoms with Crippen LogP contribution in [0.3, 0.4) is 0 Å². The molecule has 0 bridgehead atoms. The Labute approximate surface area is 160 Å². The number of H-pyrrole nitrogens is 1. The van der Waals surface area contributed by atoms with Gasteiger partial charge in [-0.05, 0) is 49.8 Å². The molecule has 4 rings (SSSR count). The maximum atomic E-state index is 13.3. The van der Waals surface area contributed by atoms with Crippen molar-refractivity contribution in [3.05, 3.63) is 58.4 Å². The van der Waals surface area contributed by atoms with Crippen LogP contribution >= 0.6 is 11.6 Å². The fourth-order valence-corrected chi connectivity index (χ4v) is 5.18. The molecule has 1 aromatic heterocycles. The molecule has 1 saturated heterocycles. The first kappa shape index (κ1) is 17.8. The van der Waals surface area contributed by atoms with Gasteiger partial charge in [-0.25, -0.2) is 0 Å². The second-order valence-corrected chi connectivity index (χ2v) is 8.32. The predicted octanol–water partition coefficient (Wildman–Crippen LogP) is 4.54. The van der Waals surface area contributed by atoms with Crippen molar-refractivity contribution in [2.24, 2.45) is 11.8 Å². The molecule has 2 aliphatic rings. The van der Waals surface area contributed by atoms with Gasteiger partial charge < -0.3 is 9.88 Å². The van der Waals surface area contributed by atoms with Gasteiger partial charge in [-0.15, -0.1) is 11.6 Å². The van der Waals surface area contributed by atoms with Gasteiger partial charge in [-0.1, -0.05) is 37.3 Å². The van der Waals surface area contributed by atoms with Crippen molar-refractivity contribution in [3.8, 4) is 0 Å². The Hall–Kier alpha value is -1.58. The third-order valence-electron chi connectivity index (χ3n) is 6.22. The number of nitrogens with zero attached hydrogens (tertiary/aromatic N) is 1. The molecule has 1 N–H and O–H groups in total. The zero-order chi connectivity index (χ0) is 18.3. The third-order valence-corrected chi connectivity index (χ3v) is 6.61. The van der Waals surface area contributed by atoms with Crippen molar-refractivity contribution in [2.75, 3.05) is 19.6 Å². The number of hydrogen-bond donors (Lipinski definition) is 1. The van der Waals surface area contributed by atoms with Crippen LogP contribution < -0.4 is 0 Å². The summed E-state index contributed by atoms with van der Waals surface area (Å²) in [4.78, 5) is 19.1. The SMILES string of the molecule is CCc1c(C)[nH]c2c1C(=O)C1CN(CC(Cl)c3ccccc3)CCC1C2. The van der Waals surface area contributed by atoms with Gasteiger partial charge in [-0.3, -0.25) is 4.79 Å². The molecule has 4 heteroatoms. The fraction of sp³-hybridized carbons (Fsp3) is 0.500. The van der Waals surface area contributed by atoms with Crippen LogP contribution in [0, 0.1) is 18.8 Å². The van der Waals surface area contributed by atoms with Crippen LogP contribution in [0.25, 0.3) is 0 Å². The van der Waals surface area contributed by atoms with E-state index in [0.717, 1.165) is 50.0 Å². The fourth-order valence-electron chi connectivity index (χ4n) is 4.84. The molecule has 1 aliphatic heterocycles. The molecular formula is C22H27ClN2O. The summed E-state index contributed by atoms with van der Waals surface area (Å²) in [5.74, 6) is 0.948. The van der Waals surface area contributed by atoms with Crippen LogP contribution in [-0.4, -0.2) is 35.3 Å². The number of benzene rings is 1. The molecule has 2 heterocycles. The summed E-state index contributed by atoms with van der Waals surface area (Å²) < 4.78 is 0. The molecule has 138 valence electrons. The minimum absolute atomic E-state index is 0.0253. The van der Waals surface area contributed by atoms with Crippen molar-refractivity contribution in [1.82, 2.24) is 9.88 Å². The first-order valence-electron chi connectivity index (χ1n) is 9.74. The molecule has 2 aromatic rings. The van der Waals surface area contributed by atoms with Gasteiger partial charge in [0.2, 0.25) is 0 Å². The number of hydrogen-bond acceptors (Lipinski definition) is 2. The molecule has 26 heavy (non-hydrogen) atoms. The van der Waals surface area contributed by atoms with Gasteiger partial charge >= 0.3 is 0 Å². The van der Waals surface area contributed by atoms with E-state index in [1.807, 2.05) is 18.2 Å². The molecule has 0 saturated carbocycles. The predicted molar refractivity (Wildman–Crippen MR) is 106 cm³/mol. The van der Waals surface area contributed by atoms with E-state index in [9.17, 15) is 4.79 Å². The second kappa shape index (κ2) is 7.21. The highest BCUT2D eigenvalue weighted by Gasteiger charge is 2.41. The molecule has 3 nitrogen and oxygen atoms in total. The molecule has 0 radical (unpaired) electrons. The van der Waals surface area contributed by atoms with Crippen molar-refractivity contribution < 1.29 is 4.79 Å². The van der Waals surface area contributed by atoms with Gasteiger partial charge in [0.1, 0.15) is 0 Å². The van der Waals surface area contributed by atoms with Crippen LogP contribution in [0.1, 0.15) is 51.6 Å². The van der Waals surface area contributed by atoms with Crippen LogP contribution in [0.4, 0.5) is 0 Å². The highest BCUT2D eigenvalue weighted by molar-refractivity contribution is 6.21. The van der Waals surface area contributed by atoms with E-state index >= 15 is 0 Å². The number of fused-ring (bicyclic) bond motifs is 2. The highest BCUT2D eigenvalue weighted by atomic mass is 35.5. The Kier molecular flexibility index (Phi) is 4.94. The number of ketones is 1. The summed E-state index contributed by atoms with van der Waals surface area (Å²) in [6.07, 6.45) is 3.01. The van der Waals surface area contributed by atoms with Crippen molar-refractivity contribution in [2.45, 2.75) is 38.5 Å². The van der Waals surface area contributed by atoms with Gasteiger partial charge in [0.05, 0.1) is 5.38 Å². The summed E-state index contributed by atoms with van der Waals surface area (Å²) in [6, 6.07) is 10.2. The van der Waals surface area contributed by atoms with E-state index in [4.69, 9.17) is 11.6 Å². The number of Topliss-reactive ketones (excluding diaryl/α,β-unsaturated/α-hetero) is 1. The topological polar surface area (TPSA) is 36.1 Å². The quantitative estimate of drug-likeness (QED) is 0.802. The largest absolute Gasteiger partial charge is 0.362 e. The number of piperidine rings is 1. The number of aromatic nitrogens is 1. The Morgan fingerprint density at radius 3 is 2.81 bits per heavy atom. The van der Waals surface area contributed by atoms with E-state index in [-0.39, 0.29) is 11.3 Å². The van der Waals surface area contributed by atoms with Crippen molar-refractivity contribution in [3.63, 3.8) is 0 Å². The average Bonchev–Trinajstić information content (AvgIpc) is 2.98. The van der Waals surface area contributed by atoms with E-state index in [1.165, 1.54) is 17.0 Å². The lowest BCUT2D eigenvalue weighted by Crippen LogP contribution is -2.47. The first-order valence-corrected chi connectivity index (χ1v) is 10.2. The number of aryl methyl sites for hydroxylation is 1. The number of aromatic amines is 1. The highest BCUT2D eigenvalue weighted by Crippen LogP contribution is 2.38. The monoisotopic (exact) mass is 370 g/mol. The third kappa shape index (κ3) is 3.12. The van der Waals surface area contributed by atoms with Crippen LogP contribution in [0.15, 0.2) is 30.3 Å². The van der Waals surface area contributed by atoms with Gasteiger partial charge in [-0.2, -0.15) is 0 Å². The maximum Gasteiger partial charge on any atom is 0.169 e. The summed E-state index contributed by atoms with van der Waals surface area (Å²) >= 11 is 6.65. The summed E-state index contributed by atoms with van der Waals surface area (Å²) in [5, 5.41) is -0.0253. The lowest BCUT2D eigenvalue weighted by atomic mass is 9.72. The number of nitrogens with one attached hydrogen (secondary N) is 1. The molecule has 0 spiro atoms. The second-order valence-electron chi connectivity index (χ2n) is 7.80. The Balaban J connectivity index is 1.50. The average molecular weight is 371 g/mol. The minimum atomic E-state index is -0.0253. The number of likely N-dealkylation sites (tertiary alicyclic amines) is 1. The molecular weight excluding hydrogens is 344 g/mol. The van der Waals surface area contributed by atoms with Crippen LogP contribution in [0.2, 0.25) is 0 Å². The van der Waals surface area contributed by atoms with Gasteiger partial charge in [0, 0.05) is 36.0 Å². The number of carbonyl (C=O) groups is 1. The number of alkyl halides is 1. The molecule has 1 aliphatic carbocycles. The summed E-state index contributed by atoms with van der Waals surface area (Å²) in [7, 11) is 0. The smallest absolute Gasteiger partial charge is 0.169 e. The van der Waals surface area contributed by atoms with Crippen molar-refractivity contribution in [1.29, 1.82) is 0 Å². The number of rotatable bonds is 4. The molecule has 3 unspecified atom stereocenters. The van der Waals surface area contributed by atoms with Crippen LogP contribution in [0.5, 0.6) is 0 Å². The Bertz CT molecular complexity index is 798. The zero-order valence-electron chi connectivity index (χ0n) is 15.6. The standard InChI is InChI=1S/C22H27ClN2O/c1-3-17-14(2)24-20-11-16-9-10-25(12-18(16)22(26)21(17)20)13-19(23)15-7-5-4-6-8-15/h4-8,16,18-19,24H,3,9-13H2,1-2H3. The Morgan fingerprint density at radius 1 is 1.31 bits per heavy atom. The van der Waals surface area contributed by atoms with E-state index < -0.39 is 0 Å². The summed E-state index contributed by atoms with van der Waals surface area (Å²) in [6.45, 7) is 6.91. The lowest BCUT2D eigenvalue weighted by molar-refractivity contribution is 0.0660. The first-order chi connectivity index (χ1) is 12.6. The van der Waals surface area contributed by atoms with Gasteiger partial charge in [0.25, 0.3) is 0 Å². The van der Waals surface area contributed by atoms with E-state index in [2.05, 4.69) is 35.9 Å². The number of carbonyl (C=O) groups excluding carboxylic acids is 1. The number of halogens is 1. The lowest BCUT2D eigenvalue weighted by Gasteiger charge is -2.41. The van der Waals surface area contributed by atoms with Crippen LogP contribution in [-0.2, 0) is 12.8 Å². The molecule has 1 fully saturated rings. The molecule has 0 amide bonds.